The van der Waals surface area contributed by atoms with Crippen molar-refractivity contribution in [2.45, 2.75) is 41.0 Å². The lowest BCUT2D eigenvalue weighted by Gasteiger charge is -2.04. The van der Waals surface area contributed by atoms with Crippen LogP contribution in [-0.4, -0.2) is 0 Å². The topological polar surface area (TPSA) is 0 Å². The van der Waals surface area contributed by atoms with Gasteiger partial charge in [-0.3, -0.25) is 0 Å². The minimum Gasteiger partial charge on any atom is -0.0651 e. The molecule has 0 aliphatic heterocycles. The molecule has 0 N–H and O–H groups in total. The molecule has 0 heterocycles. The van der Waals surface area contributed by atoms with Gasteiger partial charge < -0.3 is 0 Å². The van der Waals surface area contributed by atoms with E-state index in [2.05, 4.69) is 34.6 Å². The molecule has 0 nitrogen and oxygen atoms in total. The summed E-state index contributed by atoms with van der Waals surface area (Å²) in [6.07, 6.45) is 1.35. The van der Waals surface area contributed by atoms with Crippen molar-refractivity contribution >= 4 is 0 Å². The van der Waals surface area contributed by atoms with Crippen LogP contribution in [0.2, 0.25) is 0 Å². The number of rotatable bonds is 1. The average molecular weight is 126 g/mol. The fourth-order valence-electron chi connectivity index (χ4n) is 2.35. The van der Waals surface area contributed by atoms with Crippen LogP contribution < -0.4 is 0 Å². The van der Waals surface area contributed by atoms with Gasteiger partial charge in [-0.25, -0.2) is 0 Å². The summed E-state index contributed by atoms with van der Waals surface area (Å²) in [6.45, 7) is 11.8. The Kier molecular flexibility index (Phi) is 1.21. The van der Waals surface area contributed by atoms with Crippen LogP contribution in [0, 0.1) is 16.7 Å². The first-order valence-corrected chi connectivity index (χ1v) is 3.94. The summed E-state index contributed by atoms with van der Waals surface area (Å²) >= 11 is 0. The molecule has 1 rings (SSSR count). The molecule has 0 heteroatoms. The minimum atomic E-state index is 0.613. The fourth-order valence-corrected chi connectivity index (χ4v) is 2.35. The van der Waals surface area contributed by atoms with E-state index in [1.165, 1.54) is 6.42 Å². The highest BCUT2D eigenvalue weighted by atomic mass is 14.7. The van der Waals surface area contributed by atoms with E-state index in [-0.39, 0.29) is 0 Å². The van der Waals surface area contributed by atoms with E-state index in [1.54, 1.807) is 0 Å². The number of hydrogen-bond acceptors (Lipinski definition) is 0. The lowest BCUT2D eigenvalue weighted by molar-refractivity contribution is 0.457. The van der Waals surface area contributed by atoms with E-state index in [0.717, 1.165) is 5.92 Å². The fraction of sp³-hybridized carbons (Fsp3) is 1.00. The van der Waals surface area contributed by atoms with Crippen LogP contribution in [0.4, 0.5) is 0 Å². The molecule has 1 aliphatic carbocycles. The maximum atomic E-state index is 2.38. The smallest absolute Gasteiger partial charge is 0.0267 e. The largest absolute Gasteiger partial charge is 0.0651 e. The Hall–Kier alpha value is 0. The molecule has 1 aliphatic rings. The van der Waals surface area contributed by atoms with Crippen LogP contribution in [0.1, 0.15) is 41.0 Å². The molecule has 1 fully saturated rings. The van der Waals surface area contributed by atoms with Crippen molar-refractivity contribution in [1.29, 1.82) is 0 Å². The second-order valence-electron chi connectivity index (χ2n) is 4.40. The summed E-state index contributed by atoms with van der Waals surface area (Å²) in [4.78, 5) is 0. The summed E-state index contributed by atoms with van der Waals surface area (Å²) in [6, 6.07) is 0. The average Bonchev–Trinajstić information content (AvgIpc) is 2.00. The van der Waals surface area contributed by atoms with E-state index >= 15 is 0 Å². The van der Waals surface area contributed by atoms with E-state index in [0.29, 0.717) is 10.8 Å². The molecule has 0 radical (unpaired) electrons. The molecule has 0 aromatic heterocycles. The molecule has 0 bridgehead atoms. The molecule has 9 heavy (non-hydrogen) atoms. The second-order valence-corrected chi connectivity index (χ2v) is 4.40. The van der Waals surface area contributed by atoms with Crippen molar-refractivity contribution in [2.24, 2.45) is 16.7 Å². The van der Waals surface area contributed by atoms with Gasteiger partial charge in [-0.15, -0.1) is 0 Å². The summed E-state index contributed by atoms with van der Waals surface area (Å²) < 4.78 is 0. The second kappa shape index (κ2) is 1.53. The van der Waals surface area contributed by atoms with Gasteiger partial charge in [0, 0.05) is 0 Å². The van der Waals surface area contributed by atoms with Crippen molar-refractivity contribution in [2.75, 3.05) is 0 Å². The molecule has 54 valence electrons. The Morgan fingerprint density at radius 2 is 1.33 bits per heavy atom. The van der Waals surface area contributed by atoms with Gasteiger partial charge in [0.15, 0.2) is 0 Å². The maximum Gasteiger partial charge on any atom is -0.0267 e. The van der Waals surface area contributed by atoms with Gasteiger partial charge in [0.05, 0.1) is 0 Å². The van der Waals surface area contributed by atoms with Crippen LogP contribution >= 0.6 is 0 Å². The molecular weight excluding hydrogens is 108 g/mol. The van der Waals surface area contributed by atoms with Gasteiger partial charge in [0.2, 0.25) is 0 Å². The van der Waals surface area contributed by atoms with Gasteiger partial charge in [0.1, 0.15) is 0 Å². The molecule has 1 saturated carbocycles. The molecule has 0 aromatic carbocycles. The standard InChI is InChI=1S/C9H18/c1-6-7-8(2,3)9(7,4)5/h7H,6H2,1-5H3. The Bertz CT molecular complexity index is 106. The van der Waals surface area contributed by atoms with Crippen LogP contribution in [0.25, 0.3) is 0 Å². The van der Waals surface area contributed by atoms with Crippen LogP contribution in [0.3, 0.4) is 0 Å². The molecule has 0 atom stereocenters. The van der Waals surface area contributed by atoms with Gasteiger partial charge in [-0.1, -0.05) is 41.0 Å². The Morgan fingerprint density at radius 3 is 1.33 bits per heavy atom. The molecule has 0 unspecified atom stereocenters. The van der Waals surface area contributed by atoms with Crippen molar-refractivity contribution in [3.05, 3.63) is 0 Å². The maximum absolute atomic E-state index is 2.38. The predicted molar refractivity (Wildman–Crippen MR) is 41.3 cm³/mol. The summed E-state index contributed by atoms with van der Waals surface area (Å²) in [5.74, 6) is 0.963. The normalized spacial score (nSPS) is 30.3. The Balaban J connectivity index is 2.66. The van der Waals surface area contributed by atoms with Crippen LogP contribution in [-0.2, 0) is 0 Å². The van der Waals surface area contributed by atoms with Crippen LogP contribution in [0.5, 0.6) is 0 Å². The Morgan fingerprint density at radius 1 is 1.00 bits per heavy atom. The molecule has 0 saturated heterocycles. The molecule has 0 aromatic rings. The summed E-state index contributed by atoms with van der Waals surface area (Å²) in [5, 5.41) is 0. The molecule has 0 spiro atoms. The zero-order valence-electron chi connectivity index (χ0n) is 7.28. The summed E-state index contributed by atoms with van der Waals surface area (Å²) in [7, 11) is 0. The highest BCUT2D eigenvalue weighted by Crippen LogP contribution is 2.69. The zero-order chi connectivity index (χ0) is 7.28. The third-order valence-electron chi connectivity index (χ3n) is 3.73. The monoisotopic (exact) mass is 126 g/mol. The van der Waals surface area contributed by atoms with Gasteiger partial charge >= 0.3 is 0 Å². The highest BCUT2D eigenvalue weighted by molar-refractivity contribution is 5.11. The SMILES string of the molecule is CCC1C(C)(C)C1(C)C. The Labute approximate surface area is 58.7 Å². The zero-order valence-corrected chi connectivity index (χ0v) is 7.28. The third-order valence-corrected chi connectivity index (χ3v) is 3.73. The van der Waals surface area contributed by atoms with E-state index in [9.17, 15) is 0 Å². The first-order valence-electron chi connectivity index (χ1n) is 3.94. The van der Waals surface area contributed by atoms with Gasteiger partial charge in [-0.05, 0) is 16.7 Å². The lowest BCUT2D eigenvalue weighted by atomic mass is 10.0. The first-order chi connectivity index (χ1) is 3.94. The summed E-state index contributed by atoms with van der Waals surface area (Å²) in [5.41, 5.74) is 1.23. The van der Waals surface area contributed by atoms with Crippen LogP contribution in [0.15, 0.2) is 0 Å². The third kappa shape index (κ3) is 0.653. The van der Waals surface area contributed by atoms with Gasteiger partial charge in [0.25, 0.3) is 0 Å². The van der Waals surface area contributed by atoms with Crippen molar-refractivity contribution in [1.82, 2.24) is 0 Å². The van der Waals surface area contributed by atoms with Gasteiger partial charge in [-0.2, -0.15) is 0 Å². The van der Waals surface area contributed by atoms with E-state index in [4.69, 9.17) is 0 Å². The predicted octanol–water partition coefficient (Wildman–Crippen LogP) is 3.08. The quantitative estimate of drug-likeness (QED) is 0.506. The van der Waals surface area contributed by atoms with E-state index < -0.39 is 0 Å². The molecule has 0 amide bonds. The van der Waals surface area contributed by atoms with Crippen molar-refractivity contribution < 1.29 is 0 Å². The first kappa shape index (κ1) is 7.11. The lowest BCUT2D eigenvalue weighted by Crippen LogP contribution is -1.95. The number of hydrogen-bond donors (Lipinski definition) is 0. The molecular formula is C9H18. The van der Waals surface area contributed by atoms with Crippen molar-refractivity contribution in [3.63, 3.8) is 0 Å². The van der Waals surface area contributed by atoms with E-state index in [1.807, 2.05) is 0 Å². The van der Waals surface area contributed by atoms with Crippen molar-refractivity contribution in [3.8, 4) is 0 Å². The minimum absolute atomic E-state index is 0.613. The highest BCUT2D eigenvalue weighted by Gasteiger charge is 2.62.